The Morgan fingerprint density at radius 1 is 0.415 bits per heavy atom. The van der Waals surface area contributed by atoms with Crippen molar-refractivity contribution >= 4 is 65.0 Å². The lowest BCUT2D eigenvalue weighted by Crippen LogP contribution is -1.92. The average molecular weight is 536 g/mol. The Kier molecular flexibility index (Phi) is 2.59. The number of benzene rings is 8. The van der Waals surface area contributed by atoms with E-state index in [2.05, 4.69) is 0 Å². The largest absolute Gasteiger partial charge is 0.456 e. The summed E-state index contributed by atoms with van der Waals surface area (Å²) in [7, 11) is 0. The fourth-order valence-electron chi connectivity index (χ4n) is 5.86. The van der Waals surface area contributed by atoms with Crippen LogP contribution in [0.1, 0.15) is 20.6 Å². The summed E-state index contributed by atoms with van der Waals surface area (Å²) in [5.41, 5.74) is 0.414. The molecule has 0 spiro atoms. The molecule has 1 heterocycles. The molecule has 0 N–H and O–H groups in total. The van der Waals surface area contributed by atoms with Gasteiger partial charge in [-0.1, -0.05) is 127 Å². The third kappa shape index (κ3) is 3.24. The summed E-state index contributed by atoms with van der Waals surface area (Å²) in [6.45, 7) is 0. The molecule has 9 rings (SSSR count). The molecule has 1 aromatic heterocycles. The smallest absolute Gasteiger partial charge is 0.136 e. The molecule has 0 saturated carbocycles. The van der Waals surface area contributed by atoms with E-state index in [1.54, 1.807) is 18.2 Å². The van der Waals surface area contributed by atoms with Crippen LogP contribution in [0.25, 0.3) is 87.3 Å². The summed E-state index contributed by atoms with van der Waals surface area (Å²) in [6.07, 6.45) is 0. The highest BCUT2D eigenvalue weighted by Crippen LogP contribution is 2.48. The van der Waals surface area contributed by atoms with Gasteiger partial charge in [0.25, 0.3) is 0 Å². The molecule has 1 nitrogen and oxygen atoms in total. The van der Waals surface area contributed by atoms with Gasteiger partial charge in [0.2, 0.25) is 0 Å². The first-order valence-electron chi connectivity index (χ1n) is 20.4. The van der Waals surface area contributed by atoms with Gasteiger partial charge in [-0.25, -0.2) is 0 Å². The average Bonchev–Trinajstić information content (AvgIpc) is 3.56. The zero-order valence-corrected chi connectivity index (χ0v) is 21.1. The molecular formula is C40H24O. The van der Waals surface area contributed by atoms with Gasteiger partial charge < -0.3 is 4.42 Å². The molecule has 0 aliphatic carbocycles. The van der Waals surface area contributed by atoms with Gasteiger partial charge in [0, 0.05) is 10.8 Å². The minimum absolute atomic E-state index is 0.0140. The van der Waals surface area contributed by atoms with Gasteiger partial charge in [0.15, 0.2) is 0 Å². The van der Waals surface area contributed by atoms with Crippen molar-refractivity contribution in [2.24, 2.45) is 0 Å². The van der Waals surface area contributed by atoms with Crippen molar-refractivity contribution < 1.29 is 25.0 Å². The molecule has 0 radical (unpaired) electrons. The summed E-state index contributed by atoms with van der Waals surface area (Å²) in [4.78, 5) is 0. The lowest BCUT2D eigenvalue weighted by Gasteiger charge is -2.19. The predicted molar refractivity (Wildman–Crippen MR) is 175 cm³/mol. The van der Waals surface area contributed by atoms with E-state index < -0.39 is 107 Å². The maximum Gasteiger partial charge on any atom is 0.136 e. The number of hydrogen-bond donors (Lipinski definition) is 0. The third-order valence-corrected chi connectivity index (χ3v) is 7.57. The Morgan fingerprint density at radius 3 is 1.71 bits per heavy atom. The summed E-state index contributed by atoms with van der Waals surface area (Å²) >= 11 is 0. The number of hydrogen-bond acceptors (Lipinski definition) is 1. The molecule has 0 fully saturated rings. The Morgan fingerprint density at radius 2 is 1.00 bits per heavy atom. The second-order valence-corrected chi connectivity index (χ2v) is 9.73. The van der Waals surface area contributed by atoms with Crippen LogP contribution in [0.3, 0.4) is 0 Å². The summed E-state index contributed by atoms with van der Waals surface area (Å²) in [5, 5.41) is 1.05. The quantitative estimate of drug-likeness (QED) is 0.201. The first kappa shape index (κ1) is 12.4. The second-order valence-electron chi connectivity index (χ2n) is 9.73. The number of furan rings is 1. The lowest BCUT2D eigenvalue weighted by molar-refractivity contribution is 0.669. The van der Waals surface area contributed by atoms with Crippen LogP contribution < -0.4 is 0 Å². The standard InChI is InChI=1S/C40H24O/c1-2-13-27-24-37-35(23-26(27)12-1)40-34(21-10-22-36(40)41-37)39-32-18-7-5-16-30(32)38(31-17-6-8-19-33(31)39)29-20-9-14-25-11-3-4-15-28(25)29/h1-24H/i3D,4D,5D,6D,7D,8D,9D,11D,14D,15D,16D,17D,18D,19D,20D. The van der Waals surface area contributed by atoms with Crippen molar-refractivity contribution in [2.45, 2.75) is 0 Å². The highest BCUT2D eigenvalue weighted by Gasteiger charge is 2.21. The van der Waals surface area contributed by atoms with Gasteiger partial charge >= 0.3 is 0 Å². The molecule has 0 aliphatic rings. The monoisotopic (exact) mass is 535 g/mol. The van der Waals surface area contributed by atoms with E-state index in [1.807, 2.05) is 36.4 Å². The van der Waals surface area contributed by atoms with Crippen LogP contribution in [0.2, 0.25) is 0 Å². The highest BCUT2D eigenvalue weighted by atomic mass is 16.3. The Bertz CT molecular complexity index is 3220. The predicted octanol–water partition coefficient (Wildman–Crippen LogP) is 11.5. The molecule has 9 aromatic rings. The molecule has 0 bridgehead atoms. The fraction of sp³-hybridized carbons (Fsp3) is 0. The van der Waals surface area contributed by atoms with Crippen molar-refractivity contribution in [3.63, 3.8) is 0 Å². The molecule has 190 valence electrons. The second kappa shape index (κ2) is 8.55. The van der Waals surface area contributed by atoms with E-state index in [9.17, 15) is 6.85 Å². The van der Waals surface area contributed by atoms with Crippen LogP contribution in [0.15, 0.2) is 150 Å². The molecule has 1 heteroatoms. The molecular weight excluding hydrogens is 496 g/mol. The number of rotatable bonds is 2. The van der Waals surface area contributed by atoms with Gasteiger partial charge in [-0.2, -0.15) is 0 Å². The van der Waals surface area contributed by atoms with Gasteiger partial charge in [0.1, 0.15) is 11.2 Å². The van der Waals surface area contributed by atoms with Crippen molar-refractivity contribution in [1.29, 1.82) is 0 Å². The zero-order valence-electron chi connectivity index (χ0n) is 36.1. The Labute approximate surface area is 258 Å². The summed E-state index contributed by atoms with van der Waals surface area (Å²) in [6, 6.07) is 6.21. The topological polar surface area (TPSA) is 13.1 Å². The fourth-order valence-corrected chi connectivity index (χ4v) is 5.86. The van der Waals surface area contributed by atoms with Gasteiger partial charge in [-0.3, -0.25) is 0 Å². The summed E-state index contributed by atoms with van der Waals surface area (Å²) in [5.74, 6) is 0. The van der Waals surface area contributed by atoms with Crippen molar-refractivity contribution in [1.82, 2.24) is 0 Å². The Hall–Kier alpha value is -5.40. The first-order chi connectivity index (χ1) is 26.6. The van der Waals surface area contributed by atoms with Crippen LogP contribution in [0.4, 0.5) is 0 Å². The van der Waals surface area contributed by atoms with E-state index in [4.69, 9.17) is 18.1 Å². The molecule has 0 saturated heterocycles. The van der Waals surface area contributed by atoms with Crippen LogP contribution in [0, 0.1) is 0 Å². The molecule has 0 unspecified atom stereocenters. The van der Waals surface area contributed by atoms with Crippen molar-refractivity contribution in [3.05, 3.63) is 145 Å². The van der Waals surface area contributed by atoms with E-state index in [1.165, 1.54) is 0 Å². The van der Waals surface area contributed by atoms with E-state index in [-0.39, 0.29) is 32.7 Å². The maximum absolute atomic E-state index is 9.40. The molecule has 41 heavy (non-hydrogen) atoms. The Balaban J connectivity index is 1.65. The number of fused-ring (bicyclic) bond motifs is 7. The molecule has 8 aromatic carbocycles. The van der Waals surface area contributed by atoms with Crippen LogP contribution >= 0.6 is 0 Å². The summed E-state index contributed by atoms with van der Waals surface area (Å²) < 4.78 is 140. The SMILES string of the molecule is [2H]c1c([2H])c([2H])c2c(-c3c4c([2H])c([2H])c([2H])c([2H])c4c(-c4cccc5oc6cc7ccccc7cc6c45)c4c([2H])c([2H])c([2H])c([2H])c34)c([2H])c([2H])c([2H])c2c1[2H]. The van der Waals surface area contributed by atoms with Crippen LogP contribution in [-0.2, 0) is 0 Å². The van der Waals surface area contributed by atoms with Crippen LogP contribution in [0.5, 0.6) is 0 Å². The highest BCUT2D eigenvalue weighted by molar-refractivity contribution is 6.27. The van der Waals surface area contributed by atoms with Gasteiger partial charge in [-0.15, -0.1) is 0 Å². The van der Waals surface area contributed by atoms with Gasteiger partial charge in [-0.05, 0) is 83.5 Å². The minimum Gasteiger partial charge on any atom is -0.456 e. The van der Waals surface area contributed by atoms with E-state index >= 15 is 0 Å². The normalized spacial score (nSPS) is 17.0. The van der Waals surface area contributed by atoms with Gasteiger partial charge in [0.05, 0.1) is 20.6 Å². The van der Waals surface area contributed by atoms with E-state index in [0.29, 0.717) is 27.5 Å². The molecule has 0 atom stereocenters. The minimum atomic E-state index is -0.758. The lowest BCUT2D eigenvalue weighted by atomic mass is 9.84. The molecule has 0 amide bonds. The molecule has 0 aliphatic heterocycles. The van der Waals surface area contributed by atoms with Crippen molar-refractivity contribution in [2.75, 3.05) is 0 Å². The van der Waals surface area contributed by atoms with Crippen molar-refractivity contribution in [3.8, 4) is 22.3 Å². The van der Waals surface area contributed by atoms with Crippen LogP contribution in [-0.4, -0.2) is 0 Å². The zero-order chi connectivity index (χ0) is 40.0. The third-order valence-electron chi connectivity index (χ3n) is 7.57. The maximum atomic E-state index is 9.40. The van der Waals surface area contributed by atoms with E-state index in [0.717, 1.165) is 10.8 Å². The first-order valence-corrected chi connectivity index (χ1v) is 12.9.